The van der Waals surface area contributed by atoms with Crippen LogP contribution in [0.5, 0.6) is 5.75 Å². The van der Waals surface area contributed by atoms with Gasteiger partial charge >= 0.3 is 0 Å². The zero-order valence-electron chi connectivity index (χ0n) is 15.2. The van der Waals surface area contributed by atoms with E-state index in [4.69, 9.17) is 10.5 Å². The summed E-state index contributed by atoms with van der Waals surface area (Å²) in [6.45, 7) is 6.61. The van der Waals surface area contributed by atoms with E-state index in [2.05, 4.69) is 44.0 Å². The van der Waals surface area contributed by atoms with Crippen molar-refractivity contribution in [1.29, 1.82) is 0 Å². The molecular weight excluding hydrogens is 296 g/mol. The minimum absolute atomic E-state index is 0.298. The van der Waals surface area contributed by atoms with Crippen LogP contribution in [-0.2, 0) is 0 Å². The maximum Gasteiger partial charge on any atom is 0.127 e. The van der Waals surface area contributed by atoms with Gasteiger partial charge in [-0.15, -0.1) is 0 Å². The number of nitrogens with zero attached hydrogens (tertiary/aromatic N) is 1. The Bertz CT molecular complexity index is 689. The largest absolute Gasteiger partial charge is 0.490 e. The number of benzene rings is 1. The molecule has 24 heavy (non-hydrogen) atoms. The van der Waals surface area contributed by atoms with E-state index in [1.807, 2.05) is 12.4 Å². The fourth-order valence-corrected chi connectivity index (χ4v) is 4.30. The van der Waals surface area contributed by atoms with Crippen molar-refractivity contribution in [3.63, 3.8) is 0 Å². The monoisotopic (exact) mass is 326 g/mol. The lowest BCUT2D eigenvalue weighted by molar-refractivity contribution is 0.0575. The van der Waals surface area contributed by atoms with Crippen molar-refractivity contribution in [2.45, 2.75) is 71.4 Å². The summed E-state index contributed by atoms with van der Waals surface area (Å²) in [5.74, 6) is 1.00. The van der Waals surface area contributed by atoms with Crippen molar-refractivity contribution < 1.29 is 4.74 Å². The number of hydrogen-bond donors (Lipinski definition) is 1. The van der Waals surface area contributed by atoms with Gasteiger partial charge in [-0.2, -0.15) is 0 Å². The van der Waals surface area contributed by atoms with Crippen molar-refractivity contribution in [2.24, 2.45) is 11.1 Å². The van der Waals surface area contributed by atoms with Gasteiger partial charge in [0.1, 0.15) is 5.75 Å². The third-order valence-electron chi connectivity index (χ3n) is 6.01. The van der Waals surface area contributed by atoms with Crippen LogP contribution >= 0.6 is 0 Å². The second-order valence-electron chi connectivity index (χ2n) is 7.41. The maximum absolute atomic E-state index is 6.44. The van der Waals surface area contributed by atoms with Crippen molar-refractivity contribution in [1.82, 2.24) is 4.98 Å². The second kappa shape index (κ2) is 7.10. The molecule has 0 unspecified atom stereocenters. The smallest absolute Gasteiger partial charge is 0.127 e. The molecule has 0 saturated heterocycles. The van der Waals surface area contributed by atoms with Gasteiger partial charge in [-0.1, -0.05) is 13.8 Å². The summed E-state index contributed by atoms with van der Waals surface area (Å²) in [5, 5.41) is 2.31. The number of hydrogen-bond acceptors (Lipinski definition) is 3. The molecule has 0 amide bonds. The molecule has 0 aliphatic heterocycles. The lowest BCUT2D eigenvalue weighted by atomic mass is 9.66. The van der Waals surface area contributed by atoms with Crippen molar-refractivity contribution in [3.8, 4) is 5.75 Å². The zero-order valence-corrected chi connectivity index (χ0v) is 15.2. The number of fused-ring (bicyclic) bond motifs is 1. The molecule has 3 rings (SSSR count). The van der Waals surface area contributed by atoms with E-state index in [1.165, 1.54) is 24.8 Å². The summed E-state index contributed by atoms with van der Waals surface area (Å²) in [7, 11) is 0. The zero-order chi connectivity index (χ0) is 17.2. The topological polar surface area (TPSA) is 48.1 Å². The first kappa shape index (κ1) is 17.2. The van der Waals surface area contributed by atoms with E-state index in [0.717, 1.165) is 35.8 Å². The molecule has 1 atom stereocenters. The van der Waals surface area contributed by atoms with Gasteiger partial charge in [0.15, 0.2) is 0 Å². The summed E-state index contributed by atoms with van der Waals surface area (Å²) in [4.78, 5) is 4.23. The first-order chi connectivity index (χ1) is 11.6. The SMILES string of the molecule is CC[C@H](N)[C@]1(CC)CC[C@H](Oc2cc(C)cc3cnccc23)CC1. The average molecular weight is 326 g/mol. The minimum atomic E-state index is 0.298. The van der Waals surface area contributed by atoms with Gasteiger partial charge in [-0.25, -0.2) is 0 Å². The van der Waals surface area contributed by atoms with Gasteiger partial charge in [0.25, 0.3) is 0 Å². The highest BCUT2D eigenvalue weighted by Gasteiger charge is 2.38. The molecule has 0 bridgehead atoms. The van der Waals surface area contributed by atoms with Gasteiger partial charge in [-0.3, -0.25) is 4.98 Å². The van der Waals surface area contributed by atoms with Crippen LogP contribution in [-0.4, -0.2) is 17.1 Å². The summed E-state index contributed by atoms with van der Waals surface area (Å²) >= 11 is 0. The van der Waals surface area contributed by atoms with Crippen LogP contribution < -0.4 is 10.5 Å². The molecule has 3 heteroatoms. The van der Waals surface area contributed by atoms with E-state index in [1.54, 1.807) is 0 Å². The predicted octanol–water partition coefficient (Wildman–Crippen LogP) is 5.00. The van der Waals surface area contributed by atoms with Crippen LogP contribution in [0.4, 0.5) is 0 Å². The molecule has 1 saturated carbocycles. The molecule has 1 heterocycles. The fourth-order valence-electron chi connectivity index (χ4n) is 4.30. The molecule has 1 aromatic heterocycles. The molecule has 3 nitrogen and oxygen atoms in total. The Balaban J connectivity index is 1.75. The van der Waals surface area contributed by atoms with Crippen molar-refractivity contribution in [2.75, 3.05) is 0 Å². The Morgan fingerprint density at radius 2 is 2.04 bits per heavy atom. The lowest BCUT2D eigenvalue weighted by Crippen LogP contribution is -2.45. The number of nitrogens with two attached hydrogens (primary N) is 1. The molecular formula is C21H30N2O. The number of aryl methyl sites for hydroxylation is 1. The number of pyridine rings is 1. The summed E-state index contributed by atoms with van der Waals surface area (Å²) in [6, 6.07) is 6.69. The Labute approximate surface area is 145 Å². The fraction of sp³-hybridized carbons (Fsp3) is 0.571. The standard InChI is InChI=1S/C21H30N2O/c1-4-20(22)21(5-2)9-6-17(7-10-21)24-19-13-15(3)12-16-14-23-11-8-18(16)19/h8,11-14,17,20H,4-7,9-10,22H2,1-3H3/t17-,20-,21+/m0/s1. The van der Waals surface area contributed by atoms with Gasteiger partial charge in [-0.05, 0) is 74.6 Å². The highest BCUT2D eigenvalue weighted by atomic mass is 16.5. The van der Waals surface area contributed by atoms with Crippen LogP contribution in [0.3, 0.4) is 0 Å². The van der Waals surface area contributed by atoms with Crippen molar-refractivity contribution in [3.05, 3.63) is 36.2 Å². The maximum atomic E-state index is 6.44. The van der Waals surface area contributed by atoms with Gasteiger partial charge in [0.2, 0.25) is 0 Å². The quantitative estimate of drug-likeness (QED) is 0.841. The highest BCUT2D eigenvalue weighted by molar-refractivity contribution is 5.88. The van der Waals surface area contributed by atoms with Gasteiger partial charge in [0, 0.05) is 29.2 Å². The normalized spacial score (nSPS) is 25.6. The van der Waals surface area contributed by atoms with E-state index >= 15 is 0 Å². The Kier molecular flexibility index (Phi) is 5.09. The first-order valence-corrected chi connectivity index (χ1v) is 9.34. The summed E-state index contributed by atoms with van der Waals surface area (Å²) in [5.41, 5.74) is 7.97. The average Bonchev–Trinajstić information content (AvgIpc) is 2.61. The van der Waals surface area contributed by atoms with Crippen LogP contribution in [0, 0.1) is 12.3 Å². The van der Waals surface area contributed by atoms with E-state index in [9.17, 15) is 0 Å². The van der Waals surface area contributed by atoms with Crippen molar-refractivity contribution >= 4 is 10.8 Å². The molecule has 130 valence electrons. The summed E-state index contributed by atoms with van der Waals surface area (Å²) < 4.78 is 6.43. The molecule has 1 aliphatic rings. The Morgan fingerprint density at radius 3 is 2.71 bits per heavy atom. The minimum Gasteiger partial charge on any atom is -0.490 e. The lowest BCUT2D eigenvalue weighted by Gasteiger charge is -2.43. The number of aromatic nitrogens is 1. The van der Waals surface area contributed by atoms with Crippen LogP contribution in [0.2, 0.25) is 0 Å². The molecule has 0 radical (unpaired) electrons. The van der Waals surface area contributed by atoms with Gasteiger partial charge in [0.05, 0.1) is 6.10 Å². The molecule has 2 N–H and O–H groups in total. The molecule has 2 aromatic rings. The number of rotatable bonds is 5. The molecule has 1 fully saturated rings. The van der Waals surface area contributed by atoms with E-state index in [-0.39, 0.29) is 0 Å². The second-order valence-corrected chi connectivity index (χ2v) is 7.41. The van der Waals surface area contributed by atoms with Crippen LogP contribution in [0.1, 0.15) is 57.9 Å². The van der Waals surface area contributed by atoms with Gasteiger partial charge < -0.3 is 10.5 Å². The highest BCUT2D eigenvalue weighted by Crippen LogP contribution is 2.43. The Hall–Kier alpha value is -1.61. The number of ether oxygens (including phenoxy) is 1. The predicted molar refractivity (Wildman–Crippen MR) is 100 cm³/mol. The third kappa shape index (κ3) is 3.27. The molecule has 1 aliphatic carbocycles. The van der Waals surface area contributed by atoms with Crippen LogP contribution in [0.25, 0.3) is 10.8 Å². The molecule has 1 aromatic carbocycles. The third-order valence-corrected chi connectivity index (χ3v) is 6.01. The van der Waals surface area contributed by atoms with Crippen LogP contribution in [0.15, 0.2) is 30.6 Å². The van der Waals surface area contributed by atoms with E-state index in [0.29, 0.717) is 17.6 Å². The summed E-state index contributed by atoms with van der Waals surface area (Å²) in [6.07, 6.45) is 10.8. The Morgan fingerprint density at radius 1 is 1.29 bits per heavy atom. The first-order valence-electron chi connectivity index (χ1n) is 9.34. The molecule has 0 spiro atoms. The van der Waals surface area contributed by atoms with E-state index < -0.39 is 0 Å².